The standard InChI is InChI=1S/C36H46BrF2N5O5.C2HF3O2/c1-36(2,3)34(31-18-25(28-19-26(38)11-12-29(28)39)22-43(31)21-24-8-5-4-6-9-24)44(33(48)23-45)17-14-30(40)35(49)42-16-13-32(47)41-15-7-10-27(46)20-37;3-2(4,5)1(6)7/h4-6,8-9,11-12,18-19,22,30,34,45H,7,10,13-17,20-21,23,40H2,1-3H3,(H,41,47)(H,42,49);(H,6,7)/t30-,34-;/m0./s1. The van der Waals surface area contributed by atoms with E-state index in [1.54, 1.807) is 12.3 Å². The zero-order chi connectivity index (χ0) is 42.2. The average Bonchev–Trinajstić information content (AvgIpc) is 3.53. The summed E-state index contributed by atoms with van der Waals surface area (Å²) < 4.78 is 62.8. The SMILES string of the molecule is CC(C)(C)[C@H](c1cc(-c2cc(F)ccc2F)cn1Cc1ccccc1)N(CC[C@H](N)C(=O)NCCC(=O)NCCCC(=O)CBr)C(=O)CO.O=C(O)C(F)(F)F. The van der Waals surface area contributed by atoms with Crippen LogP contribution in [0.3, 0.4) is 0 Å². The molecular weight excluding hydrogens is 813 g/mol. The highest BCUT2D eigenvalue weighted by molar-refractivity contribution is 9.09. The Bertz CT molecular complexity index is 1780. The van der Waals surface area contributed by atoms with E-state index in [1.165, 1.54) is 4.90 Å². The van der Waals surface area contributed by atoms with Crippen LogP contribution in [-0.2, 0) is 30.5 Å². The minimum Gasteiger partial charge on any atom is -0.475 e. The van der Waals surface area contributed by atoms with Gasteiger partial charge >= 0.3 is 12.1 Å². The van der Waals surface area contributed by atoms with Crippen LogP contribution >= 0.6 is 15.9 Å². The molecular formula is C38H47BrF5N5O7. The summed E-state index contributed by atoms with van der Waals surface area (Å²) in [5.41, 5.74) is 7.64. The first-order valence-corrected chi connectivity index (χ1v) is 18.6. The van der Waals surface area contributed by atoms with Crippen molar-refractivity contribution in [3.05, 3.63) is 83.7 Å². The quantitative estimate of drug-likeness (QED) is 0.0665. The molecule has 3 rings (SSSR count). The molecule has 0 fully saturated rings. The summed E-state index contributed by atoms with van der Waals surface area (Å²) in [5, 5.41) is 22.8. The second-order valence-corrected chi connectivity index (χ2v) is 14.3. The summed E-state index contributed by atoms with van der Waals surface area (Å²) in [6, 6.07) is 12.8. The Morgan fingerprint density at radius 1 is 0.946 bits per heavy atom. The van der Waals surface area contributed by atoms with Crippen LogP contribution in [0.2, 0.25) is 0 Å². The van der Waals surface area contributed by atoms with Crippen LogP contribution in [0, 0.1) is 17.0 Å². The molecule has 2 atom stereocenters. The summed E-state index contributed by atoms with van der Waals surface area (Å²) >= 11 is 3.10. The third kappa shape index (κ3) is 15.5. The van der Waals surface area contributed by atoms with Crippen LogP contribution in [0.4, 0.5) is 22.0 Å². The number of aliphatic hydroxyl groups is 1. The van der Waals surface area contributed by atoms with Gasteiger partial charge in [0.1, 0.15) is 24.0 Å². The van der Waals surface area contributed by atoms with Crippen molar-refractivity contribution in [3.8, 4) is 11.1 Å². The number of benzene rings is 2. The summed E-state index contributed by atoms with van der Waals surface area (Å²) in [4.78, 5) is 60.0. The van der Waals surface area contributed by atoms with E-state index in [4.69, 9.17) is 15.6 Å². The third-order valence-corrected chi connectivity index (χ3v) is 8.87. The van der Waals surface area contributed by atoms with Gasteiger partial charge in [0.05, 0.1) is 17.4 Å². The van der Waals surface area contributed by atoms with Gasteiger partial charge in [-0.1, -0.05) is 67.0 Å². The van der Waals surface area contributed by atoms with Crippen LogP contribution < -0.4 is 16.4 Å². The normalized spacial score (nSPS) is 12.5. The first-order valence-electron chi connectivity index (χ1n) is 17.5. The van der Waals surface area contributed by atoms with E-state index in [0.29, 0.717) is 37.2 Å². The van der Waals surface area contributed by atoms with E-state index in [1.807, 2.05) is 55.7 Å². The van der Waals surface area contributed by atoms with Gasteiger partial charge in [-0.05, 0) is 48.1 Å². The van der Waals surface area contributed by atoms with Crippen LogP contribution in [0.25, 0.3) is 11.1 Å². The number of rotatable bonds is 18. The smallest absolute Gasteiger partial charge is 0.475 e. The van der Waals surface area contributed by atoms with Crippen LogP contribution in [0.15, 0.2) is 60.8 Å². The number of hydrogen-bond donors (Lipinski definition) is 5. The number of nitrogens with two attached hydrogens (primary N) is 1. The van der Waals surface area contributed by atoms with Crippen molar-refractivity contribution in [2.75, 3.05) is 31.6 Å². The molecule has 6 N–H and O–H groups in total. The Morgan fingerprint density at radius 2 is 1.59 bits per heavy atom. The van der Waals surface area contributed by atoms with Crippen molar-refractivity contribution in [1.29, 1.82) is 0 Å². The minimum atomic E-state index is -5.08. The van der Waals surface area contributed by atoms with Gasteiger partial charge in [-0.3, -0.25) is 19.2 Å². The Morgan fingerprint density at radius 3 is 2.16 bits per heavy atom. The van der Waals surface area contributed by atoms with Crippen molar-refractivity contribution < 1.29 is 56.1 Å². The van der Waals surface area contributed by atoms with Crippen LogP contribution in [-0.4, -0.2) is 92.9 Å². The number of aromatic nitrogens is 1. The van der Waals surface area contributed by atoms with Gasteiger partial charge in [-0.15, -0.1) is 0 Å². The molecule has 3 amide bonds. The fourth-order valence-electron chi connectivity index (χ4n) is 5.61. The fraction of sp³-hybridized carbons (Fsp3) is 0.447. The molecule has 0 radical (unpaired) electrons. The third-order valence-electron chi connectivity index (χ3n) is 8.25. The number of aliphatic carboxylic acids is 1. The van der Waals surface area contributed by atoms with Crippen molar-refractivity contribution in [2.45, 2.75) is 71.3 Å². The molecule has 3 aromatic rings. The highest BCUT2D eigenvalue weighted by Gasteiger charge is 2.39. The summed E-state index contributed by atoms with van der Waals surface area (Å²) in [6.45, 7) is 5.75. The number of amides is 3. The second kappa shape index (κ2) is 22.2. The number of alkyl halides is 4. The van der Waals surface area contributed by atoms with Crippen molar-refractivity contribution in [3.63, 3.8) is 0 Å². The molecule has 0 aliphatic carbocycles. The predicted molar refractivity (Wildman–Crippen MR) is 201 cm³/mol. The molecule has 18 heteroatoms. The lowest BCUT2D eigenvalue weighted by Crippen LogP contribution is -2.47. The number of nitrogens with zero attached hydrogens (tertiary/aromatic N) is 2. The summed E-state index contributed by atoms with van der Waals surface area (Å²) in [5.74, 6) is -5.27. The first kappa shape index (κ1) is 47.5. The number of ketones is 1. The molecule has 12 nitrogen and oxygen atoms in total. The minimum absolute atomic E-state index is 0.00367. The van der Waals surface area contributed by atoms with E-state index < -0.39 is 59.7 Å². The predicted octanol–water partition coefficient (Wildman–Crippen LogP) is 5.11. The average molecular weight is 861 g/mol. The van der Waals surface area contributed by atoms with Crippen LogP contribution in [0.5, 0.6) is 0 Å². The fourth-order valence-corrected chi connectivity index (χ4v) is 5.89. The number of hydrogen-bond acceptors (Lipinski definition) is 7. The molecule has 308 valence electrons. The Hall–Kier alpha value is -4.68. The lowest BCUT2D eigenvalue weighted by atomic mass is 9.82. The molecule has 0 aliphatic rings. The Labute approximate surface area is 329 Å². The highest BCUT2D eigenvalue weighted by atomic mass is 79.9. The lowest BCUT2D eigenvalue weighted by molar-refractivity contribution is -0.192. The number of aliphatic hydroxyl groups excluding tert-OH is 1. The zero-order valence-electron chi connectivity index (χ0n) is 31.2. The lowest BCUT2D eigenvalue weighted by Gasteiger charge is -2.41. The monoisotopic (exact) mass is 859 g/mol. The van der Waals surface area contributed by atoms with E-state index in [2.05, 4.69) is 26.6 Å². The van der Waals surface area contributed by atoms with Gasteiger partial charge in [0, 0.05) is 62.0 Å². The number of carboxylic acid groups (broad SMARTS) is 1. The highest BCUT2D eigenvalue weighted by Crippen LogP contribution is 2.41. The number of carbonyl (C=O) groups excluding carboxylic acids is 4. The molecule has 0 spiro atoms. The second-order valence-electron chi connectivity index (χ2n) is 13.8. The van der Waals surface area contributed by atoms with Gasteiger partial charge in [0.15, 0.2) is 0 Å². The maximum Gasteiger partial charge on any atom is 0.490 e. The van der Waals surface area contributed by atoms with E-state index in [-0.39, 0.29) is 48.5 Å². The van der Waals surface area contributed by atoms with Gasteiger partial charge in [-0.25, -0.2) is 13.6 Å². The van der Waals surface area contributed by atoms with E-state index >= 15 is 0 Å². The molecule has 0 bridgehead atoms. The molecule has 56 heavy (non-hydrogen) atoms. The molecule has 0 saturated carbocycles. The summed E-state index contributed by atoms with van der Waals surface area (Å²) in [7, 11) is 0. The Kier molecular flexibility index (Phi) is 18.8. The number of Topliss-reactive ketones (excluding diaryl/α,β-unsaturated/α-hetero) is 1. The molecule has 1 aromatic heterocycles. The van der Waals surface area contributed by atoms with Gasteiger partial charge < -0.3 is 36.0 Å². The Balaban J connectivity index is 0.00000141. The number of nitrogens with one attached hydrogen (secondary N) is 2. The first-order chi connectivity index (χ1) is 26.2. The van der Waals surface area contributed by atoms with Crippen molar-refractivity contribution in [1.82, 2.24) is 20.1 Å². The molecule has 0 aliphatic heterocycles. The maximum atomic E-state index is 15.0. The van der Waals surface area contributed by atoms with Gasteiger partial charge in [0.25, 0.3) is 0 Å². The zero-order valence-corrected chi connectivity index (χ0v) is 32.8. The number of carboxylic acids is 1. The molecule has 1 heterocycles. The number of halogens is 6. The van der Waals surface area contributed by atoms with E-state index in [9.17, 15) is 46.2 Å². The molecule has 0 unspecified atom stereocenters. The van der Waals surface area contributed by atoms with Gasteiger partial charge in [-0.2, -0.15) is 13.2 Å². The molecule has 2 aromatic carbocycles. The van der Waals surface area contributed by atoms with Crippen LogP contribution in [0.1, 0.15) is 63.8 Å². The maximum absolute atomic E-state index is 15.0. The number of carbonyl (C=O) groups is 5. The van der Waals surface area contributed by atoms with E-state index in [0.717, 1.165) is 23.8 Å². The topological polar surface area (TPSA) is 184 Å². The van der Waals surface area contributed by atoms with Crippen molar-refractivity contribution >= 4 is 45.4 Å². The largest absolute Gasteiger partial charge is 0.490 e. The van der Waals surface area contributed by atoms with Gasteiger partial charge in [0.2, 0.25) is 17.7 Å². The summed E-state index contributed by atoms with van der Waals surface area (Å²) in [6.07, 6.45) is -2.42. The van der Waals surface area contributed by atoms with Crippen molar-refractivity contribution in [2.24, 2.45) is 11.1 Å². The molecule has 0 saturated heterocycles.